The van der Waals surface area contributed by atoms with Gasteiger partial charge < -0.3 is 5.32 Å². The third-order valence-electron chi connectivity index (χ3n) is 5.72. The van der Waals surface area contributed by atoms with Crippen LogP contribution in [0.1, 0.15) is 34.3 Å². The Labute approximate surface area is 198 Å². The SMILES string of the molecule is O=C(c1ccccc1)c1cc(Cl)ccc1NC(=O)C1CCCN(Cc2ccc(Cl)cc2)C1. The van der Waals surface area contributed by atoms with Crippen LogP contribution >= 0.6 is 23.2 Å². The van der Waals surface area contributed by atoms with Gasteiger partial charge in [0, 0.05) is 34.3 Å². The highest BCUT2D eigenvalue weighted by molar-refractivity contribution is 6.31. The lowest BCUT2D eigenvalue weighted by Gasteiger charge is -2.32. The molecule has 3 aromatic rings. The molecule has 32 heavy (non-hydrogen) atoms. The van der Waals surface area contributed by atoms with E-state index in [1.54, 1.807) is 30.3 Å². The zero-order chi connectivity index (χ0) is 22.5. The van der Waals surface area contributed by atoms with Gasteiger partial charge in [-0.3, -0.25) is 14.5 Å². The summed E-state index contributed by atoms with van der Waals surface area (Å²) in [5, 5.41) is 4.16. The lowest BCUT2D eigenvalue weighted by molar-refractivity contribution is -0.121. The third kappa shape index (κ3) is 5.57. The van der Waals surface area contributed by atoms with E-state index >= 15 is 0 Å². The van der Waals surface area contributed by atoms with E-state index in [1.165, 1.54) is 5.56 Å². The van der Waals surface area contributed by atoms with Gasteiger partial charge in [-0.1, -0.05) is 65.7 Å². The smallest absolute Gasteiger partial charge is 0.228 e. The van der Waals surface area contributed by atoms with Crippen LogP contribution < -0.4 is 5.32 Å². The molecule has 3 aromatic carbocycles. The zero-order valence-electron chi connectivity index (χ0n) is 17.6. The van der Waals surface area contributed by atoms with Crippen molar-refractivity contribution in [3.63, 3.8) is 0 Å². The highest BCUT2D eigenvalue weighted by Crippen LogP contribution is 2.26. The maximum atomic E-state index is 13.1. The second-order valence-corrected chi connectivity index (χ2v) is 8.95. The van der Waals surface area contributed by atoms with E-state index in [-0.39, 0.29) is 17.6 Å². The standard InChI is InChI=1S/C26H24Cl2N2O2/c27-21-10-8-18(9-11-21)16-30-14-4-7-20(17-30)26(32)29-24-13-12-22(28)15-23(24)25(31)19-5-2-1-3-6-19/h1-3,5-6,8-13,15,20H,4,7,14,16-17H2,(H,29,32). The van der Waals surface area contributed by atoms with Crippen molar-refractivity contribution in [3.8, 4) is 0 Å². The topological polar surface area (TPSA) is 49.4 Å². The van der Waals surface area contributed by atoms with E-state index < -0.39 is 0 Å². The van der Waals surface area contributed by atoms with E-state index in [4.69, 9.17) is 23.2 Å². The first-order chi connectivity index (χ1) is 15.5. The van der Waals surface area contributed by atoms with Crippen molar-refractivity contribution in [3.05, 3.63) is 99.5 Å². The molecule has 0 aliphatic carbocycles. The van der Waals surface area contributed by atoms with E-state index in [0.717, 1.165) is 25.9 Å². The van der Waals surface area contributed by atoms with Crippen molar-refractivity contribution in [1.82, 2.24) is 4.90 Å². The number of piperidine rings is 1. The predicted molar refractivity (Wildman–Crippen MR) is 129 cm³/mol. The van der Waals surface area contributed by atoms with Crippen LogP contribution in [0.25, 0.3) is 0 Å². The number of ketones is 1. The molecule has 1 atom stereocenters. The number of hydrogen-bond donors (Lipinski definition) is 1. The van der Waals surface area contributed by atoms with Gasteiger partial charge in [0.05, 0.1) is 11.6 Å². The minimum atomic E-state index is -0.170. The summed E-state index contributed by atoms with van der Waals surface area (Å²) in [4.78, 5) is 28.4. The summed E-state index contributed by atoms with van der Waals surface area (Å²) in [6, 6.07) is 21.8. The molecule has 1 unspecified atom stereocenters. The summed E-state index contributed by atoms with van der Waals surface area (Å²) in [7, 11) is 0. The largest absolute Gasteiger partial charge is 0.325 e. The lowest BCUT2D eigenvalue weighted by atomic mass is 9.96. The molecule has 1 heterocycles. The number of carbonyl (C=O) groups is 2. The second-order valence-electron chi connectivity index (χ2n) is 8.08. The Morgan fingerprint density at radius 2 is 1.66 bits per heavy atom. The maximum Gasteiger partial charge on any atom is 0.228 e. The van der Waals surface area contributed by atoms with E-state index in [0.29, 0.717) is 33.4 Å². The third-order valence-corrected chi connectivity index (χ3v) is 6.20. The van der Waals surface area contributed by atoms with Gasteiger partial charge >= 0.3 is 0 Å². The summed E-state index contributed by atoms with van der Waals surface area (Å²) < 4.78 is 0. The highest BCUT2D eigenvalue weighted by Gasteiger charge is 2.27. The molecule has 0 saturated carbocycles. The van der Waals surface area contributed by atoms with Crippen LogP contribution in [0.5, 0.6) is 0 Å². The molecule has 0 bridgehead atoms. The Kier molecular flexibility index (Phi) is 7.26. The summed E-state index contributed by atoms with van der Waals surface area (Å²) in [6.45, 7) is 2.40. The molecule has 1 saturated heterocycles. The normalized spacial score (nSPS) is 16.5. The second kappa shape index (κ2) is 10.3. The van der Waals surface area contributed by atoms with E-state index in [2.05, 4.69) is 10.2 Å². The number of hydrogen-bond acceptors (Lipinski definition) is 3. The first-order valence-corrected chi connectivity index (χ1v) is 11.4. The first kappa shape index (κ1) is 22.5. The maximum absolute atomic E-state index is 13.1. The molecule has 1 amide bonds. The zero-order valence-corrected chi connectivity index (χ0v) is 19.1. The van der Waals surface area contributed by atoms with Crippen LogP contribution in [0.3, 0.4) is 0 Å². The molecule has 0 aromatic heterocycles. The summed E-state index contributed by atoms with van der Waals surface area (Å²) in [5.74, 6) is -0.391. The van der Waals surface area contributed by atoms with E-state index in [1.807, 2.05) is 42.5 Å². The summed E-state index contributed by atoms with van der Waals surface area (Å²) in [6.07, 6.45) is 1.76. The number of amides is 1. The van der Waals surface area contributed by atoms with Crippen molar-refractivity contribution in [2.75, 3.05) is 18.4 Å². The van der Waals surface area contributed by atoms with Crippen LogP contribution in [0.2, 0.25) is 10.0 Å². The molecule has 6 heteroatoms. The Morgan fingerprint density at radius 3 is 2.41 bits per heavy atom. The van der Waals surface area contributed by atoms with Gasteiger partial charge in [0.2, 0.25) is 5.91 Å². The minimum absolute atomic E-state index is 0.0739. The van der Waals surface area contributed by atoms with Gasteiger partial charge in [0.15, 0.2) is 5.78 Å². The van der Waals surface area contributed by atoms with Crippen LogP contribution in [0.4, 0.5) is 5.69 Å². The molecule has 4 nitrogen and oxygen atoms in total. The molecule has 1 fully saturated rings. The number of carbonyl (C=O) groups excluding carboxylic acids is 2. The van der Waals surface area contributed by atoms with Gasteiger partial charge in [0.1, 0.15) is 0 Å². The lowest BCUT2D eigenvalue weighted by Crippen LogP contribution is -2.40. The fourth-order valence-electron chi connectivity index (χ4n) is 4.05. The number of rotatable bonds is 6. The molecule has 1 N–H and O–H groups in total. The van der Waals surface area contributed by atoms with Crippen molar-refractivity contribution >= 4 is 40.6 Å². The number of likely N-dealkylation sites (tertiary alicyclic amines) is 1. The van der Waals surface area contributed by atoms with Crippen molar-refractivity contribution in [2.45, 2.75) is 19.4 Å². The molecule has 164 valence electrons. The van der Waals surface area contributed by atoms with Gasteiger partial charge in [-0.25, -0.2) is 0 Å². The van der Waals surface area contributed by atoms with Gasteiger partial charge in [0.25, 0.3) is 0 Å². The molecule has 1 aliphatic rings. The molecule has 0 radical (unpaired) electrons. The Bertz CT molecular complexity index is 1100. The summed E-state index contributed by atoms with van der Waals surface area (Å²) in [5.41, 5.74) is 2.61. The average molecular weight is 467 g/mol. The predicted octanol–water partition coefficient (Wildman–Crippen LogP) is 6.08. The molecular formula is C26H24Cl2N2O2. The fourth-order valence-corrected chi connectivity index (χ4v) is 4.35. The molecule has 1 aliphatic heterocycles. The number of anilines is 1. The number of halogens is 2. The van der Waals surface area contributed by atoms with Crippen LogP contribution in [-0.4, -0.2) is 29.7 Å². The van der Waals surface area contributed by atoms with Gasteiger partial charge in [-0.05, 0) is 55.3 Å². The number of benzene rings is 3. The quantitative estimate of drug-likeness (QED) is 0.448. The van der Waals surface area contributed by atoms with Gasteiger partial charge in [-0.2, -0.15) is 0 Å². The number of nitrogens with one attached hydrogen (secondary N) is 1. The van der Waals surface area contributed by atoms with E-state index in [9.17, 15) is 9.59 Å². The number of nitrogens with zero attached hydrogens (tertiary/aromatic N) is 1. The molecule has 0 spiro atoms. The molecule has 4 rings (SSSR count). The minimum Gasteiger partial charge on any atom is -0.325 e. The average Bonchev–Trinajstić information content (AvgIpc) is 2.82. The highest BCUT2D eigenvalue weighted by atomic mass is 35.5. The van der Waals surface area contributed by atoms with Crippen LogP contribution in [0, 0.1) is 5.92 Å². The van der Waals surface area contributed by atoms with Crippen molar-refractivity contribution in [1.29, 1.82) is 0 Å². The van der Waals surface area contributed by atoms with Gasteiger partial charge in [-0.15, -0.1) is 0 Å². The first-order valence-electron chi connectivity index (χ1n) is 10.7. The molecular weight excluding hydrogens is 443 g/mol. The Hall–Kier alpha value is -2.66. The van der Waals surface area contributed by atoms with Crippen LogP contribution in [-0.2, 0) is 11.3 Å². The Morgan fingerprint density at radius 1 is 0.938 bits per heavy atom. The fraction of sp³-hybridized carbons (Fsp3) is 0.231. The monoisotopic (exact) mass is 466 g/mol. The summed E-state index contributed by atoms with van der Waals surface area (Å²) >= 11 is 12.1. The van der Waals surface area contributed by atoms with Crippen LogP contribution in [0.15, 0.2) is 72.8 Å². The van der Waals surface area contributed by atoms with Crippen molar-refractivity contribution in [2.24, 2.45) is 5.92 Å². The van der Waals surface area contributed by atoms with Crippen molar-refractivity contribution < 1.29 is 9.59 Å². The Balaban J connectivity index is 1.46.